The zero-order chi connectivity index (χ0) is 11.0. The average molecular weight is 206 g/mol. The molecule has 2 nitrogen and oxygen atoms in total. The first-order valence-corrected chi connectivity index (χ1v) is 5.42. The van der Waals surface area contributed by atoms with Crippen LogP contribution in [0.5, 0.6) is 11.5 Å². The van der Waals surface area contributed by atoms with Crippen molar-refractivity contribution in [3.05, 3.63) is 23.3 Å². The van der Waals surface area contributed by atoms with Gasteiger partial charge in [0.15, 0.2) is 11.5 Å². The van der Waals surface area contributed by atoms with Crippen molar-refractivity contribution in [3.8, 4) is 11.5 Å². The van der Waals surface area contributed by atoms with Crippen LogP contribution in [0.4, 0.5) is 0 Å². The Kier molecular flexibility index (Phi) is 2.59. The minimum atomic E-state index is 0.625. The van der Waals surface area contributed by atoms with Crippen LogP contribution in [-0.2, 0) is 6.42 Å². The van der Waals surface area contributed by atoms with Crippen LogP contribution in [0.2, 0.25) is 0 Å². The van der Waals surface area contributed by atoms with Crippen molar-refractivity contribution in [2.75, 3.05) is 14.2 Å². The molecule has 0 bridgehead atoms. The molecule has 0 saturated carbocycles. The summed E-state index contributed by atoms with van der Waals surface area (Å²) in [6.07, 6.45) is 1.15. The van der Waals surface area contributed by atoms with E-state index in [1.54, 1.807) is 14.2 Å². The van der Waals surface area contributed by atoms with Gasteiger partial charge in [0.25, 0.3) is 0 Å². The van der Waals surface area contributed by atoms with Gasteiger partial charge in [0.2, 0.25) is 0 Å². The van der Waals surface area contributed by atoms with Gasteiger partial charge in [-0.1, -0.05) is 13.8 Å². The van der Waals surface area contributed by atoms with E-state index in [0.29, 0.717) is 5.92 Å². The van der Waals surface area contributed by atoms with Crippen LogP contribution in [-0.4, -0.2) is 14.2 Å². The molecule has 0 aromatic heterocycles. The molecular formula is C13H18O2. The predicted octanol–water partition coefficient (Wildman–Crippen LogP) is 3.00. The van der Waals surface area contributed by atoms with E-state index < -0.39 is 0 Å². The third-order valence-electron chi connectivity index (χ3n) is 3.53. The standard InChI is InChI=1S/C13H18O2/c1-8-5-10-6-12(14-3)13(15-4)7-11(10)9(8)2/h6-9H,5H2,1-4H3. The van der Waals surface area contributed by atoms with E-state index in [2.05, 4.69) is 26.0 Å². The molecule has 2 heteroatoms. The van der Waals surface area contributed by atoms with Crippen molar-refractivity contribution < 1.29 is 9.47 Å². The summed E-state index contributed by atoms with van der Waals surface area (Å²) >= 11 is 0. The maximum absolute atomic E-state index is 5.32. The van der Waals surface area contributed by atoms with Crippen LogP contribution in [0.25, 0.3) is 0 Å². The molecule has 82 valence electrons. The van der Waals surface area contributed by atoms with Gasteiger partial charge in [0.05, 0.1) is 14.2 Å². The van der Waals surface area contributed by atoms with Gasteiger partial charge >= 0.3 is 0 Å². The molecule has 0 saturated heterocycles. The van der Waals surface area contributed by atoms with E-state index in [-0.39, 0.29) is 0 Å². The number of hydrogen-bond acceptors (Lipinski definition) is 2. The second kappa shape index (κ2) is 3.76. The summed E-state index contributed by atoms with van der Waals surface area (Å²) in [6.45, 7) is 4.58. The zero-order valence-electron chi connectivity index (χ0n) is 9.83. The molecule has 0 radical (unpaired) electrons. The number of benzene rings is 1. The van der Waals surface area contributed by atoms with E-state index in [9.17, 15) is 0 Å². The molecule has 0 amide bonds. The molecule has 1 aromatic rings. The first-order valence-electron chi connectivity index (χ1n) is 5.42. The Morgan fingerprint density at radius 3 is 2.27 bits per heavy atom. The summed E-state index contributed by atoms with van der Waals surface area (Å²) in [5, 5.41) is 0. The Morgan fingerprint density at radius 2 is 1.67 bits per heavy atom. The largest absolute Gasteiger partial charge is 0.493 e. The van der Waals surface area contributed by atoms with Gasteiger partial charge in [-0.15, -0.1) is 0 Å². The lowest BCUT2D eigenvalue weighted by atomic mass is 9.96. The molecule has 0 spiro atoms. The number of fused-ring (bicyclic) bond motifs is 1. The Morgan fingerprint density at radius 1 is 1.07 bits per heavy atom. The van der Waals surface area contributed by atoms with E-state index in [4.69, 9.17) is 9.47 Å². The van der Waals surface area contributed by atoms with Gasteiger partial charge < -0.3 is 9.47 Å². The third-order valence-corrected chi connectivity index (χ3v) is 3.53. The Labute approximate surface area is 91.2 Å². The van der Waals surface area contributed by atoms with Gasteiger partial charge in [0.1, 0.15) is 0 Å². The van der Waals surface area contributed by atoms with Crippen LogP contribution in [0.3, 0.4) is 0 Å². The number of rotatable bonds is 2. The van der Waals surface area contributed by atoms with Crippen LogP contribution in [0, 0.1) is 5.92 Å². The third kappa shape index (κ3) is 1.58. The topological polar surface area (TPSA) is 18.5 Å². The van der Waals surface area contributed by atoms with Crippen molar-refractivity contribution >= 4 is 0 Å². The van der Waals surface area contributed by atoms with E-state index in [1.807, 2.05) is 0 Å². The molecule has 0 fully saturated rings. The molecule has 0 N–H and O–H groups in total. The van der Waals surface area contributed by atoms with Crippen molar-refractivity contribution in [2.24, 2.45) is 5.92 Å². The lowest BCUT2D eigenvalue weighted by Gasteiger charge is -2.12. The summed E-state index contributed by atoms with van der Waals surface area (Å²) in [6, 6.07) is 4.25. The van der Waals surface area contributed by atoms with Gasteiger partial charge in [-0.25, -0.2) is 0 Å². The second-order valence-electron chi connectivity index (χ2n) is 4.38. The molecule has 2 unspecified atom stereocenters. The van der Waals surface area contributed by atoms with Crippen LogP contribution < -0.4 is 9.47 Å². The van der Waals surface area contributed by atoms with Crippen molar-refractivity contribution in [1.29, 1.82) is 0 Å². The maximum atomic E-state index is 5.32. The minimum absolute atomic E-state index is 0.625. The fraction of sp³-hybridized carbons (Fsp3) is 0.538. The monoisotopic (exact) mass is 206 g/mol. The summed E-state index contributed by atoms with van der Waals surface area (Å²) in [7, 11) is 3.37. The van der Waals surface area contributed by atoms with Crippen LogP contribution in [0.1, 0.15) is 30.9 Å². The second-order valence-corrected chi connectivity index (χ2v) is 4.38. The summed E-state index contributed by atoms with van der Waals surface area (Å²) in [4.78, 5) is 0. The number of hydrogen-bond donors (Lipinski definition) is 0. The highest BCUT2D eigenvalue weighted by atomic mass is 16.5. The molecule has 1 aliphatic carbocycles. The van der Waals surface area contributed by atoms with Gasteiger partial charge in [-0.3, -0.25) is 0 Å². The smallest absolute Gasteiger partial charge is 0.161 e. The highest BCUT2D eigenvalue weighted by molar-refractivity contribution is 5.50. The zero-order valence-corrected chi connectivity index (χ0v) is 9.83. The number of methoxy groups -OCH3 is 2. The summed E-state index contributed by atoms with van der Waals surface area (Å²) < 4.78 is 10.6. The molecule has 2 rings (SSSR count). The normalized spacial score (nSPS) is 23.7. The maximum Gasteiger partial charge on any atom is 0.161 e. The number of ether oxygens (including phenoxy) is 2. The van der Waals surface area contributed by atoms with Gasteiger partial charge in [-0.05, 0) is 41.5 Å². The first-order chi connectivity index (χ1) is 7.17. The fourth-order valence-electron chi connectivity index (χ4n) is 2.37. The van der Waals surface area contributed by atoms with Gasteiger partial charge in [-0.2, -0.15) is 0 Å². The fourth-order valence-corrected chi connectivity index (χ4v) is 2.37. The van der Waals surface area contributed by atoms with E-state index >= 15 is 0 Å². The SMILES string of the molecule is COc1cc2c(cc1OC)C(C)C(C)C2. The quantitative estimate of drug-likeness (QED) is 0.740. The van der Waals surface area contributed by atoms with Crippen molar-refractivity contribution in [2.45, 2.75) is 26.2 Å². The summed E-state index contributed by atoms with van der Waals surface area (Å²) in [5.41, 5.74) is 2.83. The molecular weight excluding hydrogens is 188 g/mol. The molecule has 2 atom stereocenters. The predicted molar refractivity (Wildman–Crippen MR) is 60.8 cm³/mol. The molecule has 0 heterocycles. The highest BCUT2D eigenvalue weighted by Gasteiger charge is 2.27. The molecule has 1 aromatic carbocycles. The minimum Gasteiger partial charge on any atom is -0.493 e. The Bertz CT molecular complexity index is 371. The van der Waals surface area contributed by atoms with Crippen LogP contribution in [0.15, 0.2) is 12.1 Å². The molecule has 0 aliphatic heterocycles. The Hall–Kier alpha value is -1.18. The van der Waals surface area contributed by atoms with E-state index in [0.717, 1.165) is 23.8 Å². The van der Waals surface area contributed by atoms with Crippen LogP contribution >= 0.6 is 0 Å². The lowest BCUT2D eigenvalue weighted by molar-refractivity contribution is 0.354. The van der Waals surface area contributed by atoms with Gasteiger partial charge in [0, 0.05) is 0 Å². The molecule has 15 heavy (non-hydrogen) atoms. The highest BCUT2D eigenvalue weighted by Crippen LogP contribution is 2.42. The van der Waals surface area contributed by atoms with Crippen molar-refractivity contribution in [1.82, 2.24) is 0 Å². The molecule has 1 aliphatic rings. The van der Waals surface area contributed by atoms with Crippen molar-refractivity contribution in [3.63, 3.8) is 0 Å². The average Bonchev–Trinajstić information content (AvgIpc) is 2.53. The summed E-state index contributed by atoms with van der Waals surface area (Å²) in [5.74, 6) is 3.03. The van der Waals surface area contributed by atoms with E-state index in [1.165, 1.54) is 11.1 Å². The first kappa shape index (κ1) is 10.3. The lowest BCUT2D eigenvalue weighted by Crippen LogP contribution is -1.98. The Balaban J connectivity index is 2.48.